The molecule has 1 heterocycles. The highest BCUT2D eigenvalue weighted by molar-refractivity contribution is 7.90. The van der Waals surface area contributed by atoms with Crippen LogP contribution >= 0.6 is 0 Å². The highest BCUT2D eigenvalue weighted by Gasteiger charge is 2.21. The van der Waals surface area contributed by atoms with Crippen LogP contribution in [0.1, 0.15) is 32.1 Å². The molecular weight excluding hydrogens is 216 g/mol. The van der Waals surface area contributed by atoms with E-state index in [9.17, 15) is 13.2 Å². The van der Waals surface area contributed by atoms with Crippen LogP contribution in [0.25, 0.3) is 0 Å². The minimum Gasteiger partial charge on any atom is -0.370 e. The Bertz CT molecular complexity index is 301. The lowest BCUT2D eigenvalue weighted by atomic mass is 10.0. The second-order valence-electron chi connectivity index (χ2n) is 4.05. The average molecular weight is 234 g/mol. The average Bonchev–Trinajstić information content (AvgIpc) is 2.17. The summed E-state index contributed by atoms with van der Waals surface area (Å²) in [6, 6.07) is 0. The van der Waals surface area contributed by atoms with Crippen LogP contribution in [0.3, 0.4) is 0 Å². The van der Waals surface area contributed by atoms with Gasteiger partial charge in [-0.1, -0.05) is 0 Å². The predicted octanol–water partition coefficient (Wildman–Crippen LogP) is 0.949. The summed E-state index contributed by atoms with van der Waals surface area (Å²) in [6.45, 7) is 0.655. The van der Waals surface area contributed by atoms with Gasteiger partial charge in [-0.2, -0.15) is 0 Å². The van der Waals surface area contributed by atoms with Gasteiger partial charge in [0.25, 0.3) is 0 Å². The Balaban J connectivity index is 2.23. The molecule has 1 saturated heterocycles. The number of carbonyl (C=O) groups is 1. The van der Waals surface area contributed by atoms with Crippen LogP contribution in [0.2, 0.25) is 0 Å². The second kappa shape index (κ2) is 5.61. The zero-order valence-electron chi connectivity index (χ0n) is 9.07. The first-order valence-electron chi connectivity index (χ1n) is 5.31. The van der Waals surface area contributed by atoms with E-state index in [2.05, 4.69) is 0 Å². The smallest absolute Gasteiger partial charge is 0.161 e. The molecule has 4 nitrogen and oxygen atoms in total. The summed E-state index contributed by atoms with van der Waals surface area (Å²) in [5, 5.41) is 0. The molecule has 88 valence electrons. The minimum absolute atomic E-state index is 0.0540. The van der Waals surface area contributed by atoms with Crippen molar-refractivity contribution in [2.24, 2.45) is 0 Å². The molecular formula is C10H18O4S. The third-order valence-corrected chi connectivity index (χ3v) is 3.51. The van der Waals surface area contributed by atoms with Gasteiger partial charge in [0, 0.05) is 19.3 Å². The first kappa shape index (κ1) is 12.6. The van der Waals surface area contributed by atoms with E-state index in [4.69, 9.17) is 4.74 Å². The van der Waals surface area contributed by atoms with Gasteiger partial charge in [0.15, 0.2) is 5.78 Å². The van der Waals surface area contributed by atoms with Gasteiger partial charge in [-0.3, -0.25) is 4.79 Å². The Hall–Kier alpha value is -0.420. The van der Waals surface area contributed by atoms with E-state index in [0.29, 0.717) is 19.4 Å². The number of hydrogen-bond donors (Lipinski definition) is 0. The summed E-state index contributed by atoms with van der Waals surface area (Å²) in [4.78, 5) is 11.6. The Morgan fingerprint density at radius 3 is 2.67 bits per heavy atom. The number of Topliss-reactive ketones (excluding diaryl/α,β-unsaturated/α-hetero) is 1. The minimum atomic E-state index is -2.94. The second-order valence-corrected chi connectivity index (χ2v) is 6.31. The van der Waals surface area contributed by atoms with Crippen molar-refractivity contribution in [3.63, 3.8) is 0 Å². The molecule has 0 aromatic heterocycles. The zero-order valence-corrected chi connectivity index (χ0v) is 9.88. The molecule has 1 atom stereocenters. The van der Waals surface area contributed by atoms with Crippen molar-refractivity contribution in [1.82, 2.24) is 0 Å². The molecule has 0 N–H and O–H groups in total. The number of ketones is 1. The number of hydrogen-bond acceptors (Lipinski definition) is 4. The summed E-state index contributed by atoms with van der Waals surface area (Å²) in [5.74, 6) is 0.143. The molecule has 0 bridgehead atoms. The van der Waals surface area contributed by atoms with E-state index >= 15 is 0 Å². The van der Waals surface area contributed by atoms with E-state index < -0.39 is 9.84 Å². The molecule has 0 aromatic rings. The molecule has 0 saturated carbocycles. The third-order valence-electron chi connectivity index (χ3n) is 2.48. The summed E-state index contributed by atoms with van der Waals surface area (Å²) in [5.41, 5.74) is 0. The van der Waals surface area contributed by atoms with Crippen molar-refractivity contribution in [3.05, 3.63) is 0 Å². The molecule has 5 heteroatoms. The van der Waals surface area contributed by atoms with Gasteiger partial charge in [0.2, 0.25) is 0 Å². The van der Waals surface area contributed by atoms with Gasteiger partial charge >= 0.3 is 0 Å². The third kappa shape index (κ3) is 5.28. The lowest BCUT2D eigenvalue weighted by Crippen LogP contribution is -2.28. The van der Waals surface area contributed by atoms with Crippen molar-refractivity contribution < 1.29 is 17.9 Å². The van der Waals surface area contributed by atoms with E-state index in [1.54, 1.807) is 0 Å². The molecule has 1 rings (SSSR count). The molecule has 1 aliphatic rings. The maximum atomic E-state index is 11.6. The number of carbonyl (C=O) groups excluding carboxylic acids is 1. The topological polar surface area (TPSA) is 60.4 Å². The molecule has 1 fully saturated rings. The Kier molecular flexibility index (Phi) is 4.73. The molecule has 0 radical (unpaired) electrons. The van der Waals surface area contributed by atoms with Crippen LogP contribution in [-0.2, 0) is 19.4 Å². The van der Waals surface area contributed by atoms with Crippen LogP contribution in [0, 0.1) is 0 Å². The maximum absolute atomic E-state index is 11.6. The van der Waals surface area contributed by atoms with E-state index in [0.717, 1.165) is 19.3 Å². The predicted molar refractivity (Wildman–Crippen MR) is 57.5 cm³/mol. The Morgan fingerprint density at radius 2 is 2.13 bits per heavy atom. The lowest BCUT2D eigenvalue weighted by Gasteiger charge is -2.21. The number of ether oxygens (including phenoxy) is 1. The van der Waals surface area contributed by atoms with Gasteiger partial charge in [-0.05, 0) is 25.7 Å². The van der Waals surface area contributed by atoms with Gasteiger partial charge in [0.05, 0.1) is 5.75 Å². The molecule has 0 aromatic carbocycles. The highest BCUT2D eigenvalue weighted by Crippen LogP contribution is 2.15. The van der Waals surface area contributed by atoms with Crippen molar-refractivity contribution in [1.29, 1.82) is 0 Å². The molecule has 0 aliphatic carbocycles. The van der Waals surface area contributed by atoms with E-state index in [1.165, 1.54) is 6.26 Å². The lowest BCUT2D eigenvalue weighted by molar-refractivity contribution is -0.133. The van der Waals surface area contributed by atoms with Crippen molar-refractivity contribution >= 4 is 15.6 Å². The molecule has 15 heavy (non-hydrogen) atoms. The summed E-state index contributed by atoms with van der Waals surface area (Å²) in [6.07, 6.45) is 4.48. The van der Waals surface area contributed by atoms with Crippen molar-refractivity contribution in [3.8, 4) is 0 Å². The summed E-state index contributed by atoms with van der Waals surface area (Å²) >= 11 is 0. The van der Waals surface area contributed by atoms with Crippen molar-refractivity contribution in [2.45, 2.75) is 38.2 Å². The van der Waals surface area contributed by atoms with Crippen LogP contribution in [0.5, 0.6) is 0 Å². The largest absolute Gasteiger partial charge is 0.370 e. The fourth-order valence-corrected chi connectivity index (χ4v) is 2.33. The molecule has 0 amide bonds. The number of sulfone groups is 1. The van der Waals surface area contributed by atoms with E-state index in [-0.39, 0.29) is 17.6 Å². The number of rotatable bonds is 5. The van der Waals surface area contributed by atoms with Crippen molar-refractivity contribution in [2.75, 3.05) is 18.6 Å². The first-order chi connectivity index (χ1) is 6.99. The normalized spacial score (nSPS) is 22.6. The quantitative estimate of drug-likeness (QED) is 0.710. The van der Waals surface area contributed by atoms with Crippen LogP contribution < -0.4 is 0 Å². The first-order valence-corrected chi connectivity index (χ1v) is 7.37. The van der Waals surface area contributed by atoms with Crippen LogP contribution in [-0.4, -0.2) is 38.9 Å². The highest BCUT2D eigenvalue weighted by atomic mass is 32.2. The van der Waals surface area contributed by atoms with Gasteiger partial charge in [0.1, 0.15) is 15.9 Å². The molecule has 1 aliphatic heterocycles. The summed E-state index contributed by atoms with van der Waals surface area (Å²) in [7, 11) is -2.94. The molecule has 0 spiro atoms. The van der Waals surface area contributed by atoms with Crippen LogP contribution in [0.15, 0.2) is 0 Å². The maximum Gasteiger partial charge on any atom is 0.161 e. The molecule has 1 unspecified atom stereocenters. The Morgan fingerprint density at radius 1 is 1.40 bits per heavy atom. The van der Waals surface area contributed by atoms with Gasteiger partial charge in [-0.15, -0.1) is 0 Å². The standard InChI is InChI=1S/C10H18O4S/c1-15(12,13)8-4-5-9(11)10-6-2-3-7-14-10/h10H,2-8H2,1H3. The van der Waals surface area contributed by atoms with Gasteiger partial charge < -0.3 is 4.74 Å². The SMILES string of the molecule is CS(=O)(=O)CCCC(=O)C1CCCCO1. The summed E-state index contributed by atoms with van der Waals surface area (Å²) < 4.78 is 27.0. The Labute approximate surface area is 90.9 Å². The monoisotopic (exact) mass is 234 g/mol. The fraction of sp³-hybridized carbons (Fsp3) is 0.900. The van der Waals surface area contributed by atoms with E-state index in [1.807, 2.05) is 0 Å². The fourth-order valence-electron chi connectivity index (χ4n) is 1.66. The zero-order chi connectivity index (χ0) is 11.3. The van der Waals surface area contributed by atoms with Crippen LogP contribution in [0.4, 0.5) is 0 Å². The van der Waals surface area contributed by atoms with Gasteiger partial charge in [-0.25, -0.2) is 8.42 Å².